The van der Waals surface area contributed by atoms with Gasteiger partial charge >= 0.3 is 0 Å². The number of methoxy groups -OCH3 is 1. The van der Waals surface area contributed by atoms with Crippen molar-refractivity contribution in [2.24, 2.45) is 5.73 Å². The quantitative estimate of drug-likeness (QED) is 0.304. The number of rotatable bonds is 11. The first-order chi connectivity index (χ1) is 17.5. The predicted molar refractivity (Wildman–Crippen MR) is 140 cm³/mol. The van der Waals surface area contributed by atoms with E-state index in [0.717, 1.165) is 15.8 Å². The van der Waals surface area contributed by atoms with Crippen LogP contribution in [0.25, 0.3) is 10.2 Å². The van der Waals surface area contributed by atoms with Crippen LogP contribution in [0.15, 0.2) is 54.6 Å². The minimum atomic E-state index is -0.747. The van der Waals surface area contributed by atoms with Gasteiger partial charge in [-0.2, -0.15) is 0 Å². The molecule has 3 atom stereocenters. The van der Waals surface area contributed by atoms with Gasteiger partial charge in [-0.3, -0.25) is 14.4 Å². The van der Waals surface area contributed by atoms with Crippen molar-refractivity contribution >= 4 is 39.2 Å². The maximum atomic E-state index is 13.4. The molecule has 1 fully saturated rings. The zero-order valence-electron chi connectivity index (χ0n) is 20.4. The number of thiazole rings is 1. The average Bonchev–Trinajstić information content (AvgIpc) is 3.55. The van der Waals surface area contributed by atoms with E-state index in [2.05, 4.69) is 10.3 Å². The summed E-state index contributed by atoms with van der Waals surface area (Å²) in [6, 6.07) is 15.0. The summed E-state index contributed by atoms with van der Waals surface area (Å²) in [5, 5.41) is 3.29. The molecule has 9 heteroatoms. The fourth-order valence-electron chi connectivity index (χ4n) is 4.57. The lowest BCUT2D eigenvalue weighted by molar-refractivity contribution is -0.139. The van der Waals surface area contributed by atoms with Gasteiger partial charge in [0.05, 0.1) is 22.3 Å². The molecule has 0 aliphatic carbocycles. The SMILES string of the molecule is COCCCC(NC(=O)[C@@H]1CCCN1C(=O)[C@H](N)Cc1ccccc1)C(=O)c1nc2ccccc2s1. The van der Waals surface area contributed by atoms with Gasteiger partial charge in [-0.1, -0.05) is 42.5 Å². The van der Waals surface area contributed by atoms with Gasteiger partial charge in [0.1, 0.15) is 6.04 Å². The second-order valence-corrected chi connectivity index (χ2v) is 10.1. The van der Waals surface area contributed by atoms with Crippen LogP contribution in [-0.2, 0) is 20.7 Å². The van der Waals surface area contributed by atoms with Crippen molar-refractivity contribution in [3.05, 3.63) is 65.2 Å². The number of nitrogens with two attached hydrogens (primary N) is 1. The van der Waals surface area contributed by atoms with E-state index in [-0.39, 0.29) is 17.6 Å². The number of likely N-dealkylation sites (tertiary alicyclic amines) is 1. The number of nitrogens with zero attached hydrogens (tertiary/aromatic N) is 2. The molecular weight excluding hydrogens is 476 g/mol. The zero-order valence-corrected chi connectivity index (χ0v) is 21.2. The molecule has 1 aliphatic heterocycles. The van der Waals surface area contributed by atoms with Gasteiger partial charge in [0.15, 0.2) is 5.01 Å². The molecule has 1 aliphatic rings. The Hall–Kier alpha value is -3.14. The van der Waals surface area contributed by atoms with Gasteiger partial charge in [-0.25, -0.2) is 4.98 Å². The van der Waals surface area contributed by atoms with Crippen molar-refractivity contribution < 1.29 is 19.1 Å². The number of ketones is 1. The molecule has 3 aromatic rings. The predicted octanol–water partition coefficient (Wildman–Crippen LogP) is 2.95. The third kappa shape index (κ3) is 6.16. The molecule has 0 spiro atoms. The lowest BCUT2D eigenvalue weighted by Gasteiger charge is -2.28. The van der Waals surface area contributed by atoms with Crippen molar-refractivity contribution in [1.29, 1.82) is 0 Å². The third-order valence-corrected chi connectivity index (χ3v) is 7.48. The normalized spacial score (nSPS) is 17.2. The number of ether oxygens (including phenoxy) is 1. The molecule has 8 nitrogen and oxygen atoms in total. The van der Waals surface area contributed by atoms with E-state index in [9.17, 15) is 14.4 Å². The Kier molecular flexibility index (Phi) is 8.79. The maximum absolute atomic E-state index is 13.4. The first-order valence-corrected chi connectivity index (χ1v) is 13.1. The van der Waals surface area contributed by atoms with Crippen LogP contribution >= 0.6 is 11.3 Å². The van der Waals surface area contributed by atoms with Gasteiger partial charge < -0.3 is 20.7 Å². The second kappa shape index (κ2) is 12.2. The molecular formula is C27H32N4O4S. The van der Waals surface area contributed by atoms with Gasteiger partial charge in [0.2, 0.25) is 17.6 Å². The largest absolute Gasteiger partial charge is 0.385 e. The molecule has 0 radical (unpaired) electrons. The van der Waals surface area contributed by atoms with Crippen molar-refractivity contribution in [2.45, 2.75) is 50.2 Å². The minimum Gasteiger partial charge on any atom is -0.385 e. The Morgan fingerprint density at radius 1 is 1.17 bits per heavy atom. The molecule has 0 saturated carbocycles. The number of aromatic nitrogens is 1. The van der Waals surface area contributed by atoms with E-state index in [1.165, 1.54) is 11.3 Å². The summed E-state index contributed by atoms with van der Waals surface area (Å²) in [7, 11) is 1.60. The molecule has 1 unspecified atom stereocenters. The number of hydrogen-bond acceptors (Lipinski definition) is 7. The summed E-state index contributed by atoms with van der Waals surface area (Å²) in [6.45, 7) is 0.946. The van der Waals surface area contributed by atoms with E-state index >= 15 is 0 Å². The highest BCUT2D eigenvalue weighted by molar-refractivity contribution is 7.20. The van der Waals surface area contributed by atoms with E-state index in [1.54, 1.807) is 12.0 Å². The highest BCUT2D eigenvalue weighted by Crippen LogP contribution is 2.24. The van der Waals surface area contributed by atoms with E-state index in [4.69, 9.17) is 10.5 Å². The van der Waals surface area contributed by atoms with Crippen LogP contribution in [0.5, 0.6) is 0 Å². The van der Waals surface area contributed by atoms with E-state index < -0.39 is 18.1 Å². The van der Waals surface area contributed by atoms with Gasteiger partial charge in [0.25, 0.3) is 0 Å². The van der Waals surface area contributed by atoms with Crippen molar-refractivity contribution in [2.75, 3.05) is 20.3 Å². The van der Waals surface area contributed by atoms with Crippen LogP contribution in [0.2, 0.25) is 0 Å². The molecule has 2 amide bonds. The molecule has 0 bridgehead atoms. The molecule has 4 rings (SSSR count). The third-order valence-electron chi connectivity index (χ3n) is 6.43. The Labute approximate surface area is 214 Å². The van der Waals surface area contributed by atoms with Crippen LogP contribution in [0, 0.1) is 0 Å². The fourth-order valence-corrected chi connectivity index (χ4v) is 5.53. The second-order valence-electron chi connectivity index (χ2n) is 9.03. The Morgan fingerprint density at radius 2 is 1.92 bits per heavy atom. The number of nitrogens with one attached hydrogen (secondary N) is 1. The first kappa shape index (κ1) is 25.9. The summed E-state index contributed by atoms with van der Waals surface area (Å²) >= 11 is 1.32. The van der Waals surface area contributed by atoms with Crippen molar-refractivity contribution in [3.8, 4) is 0 Å². The van der Waals surface area contributed by atoms with Gasteiger partial charge in [-0.05, 0) is 49.8 Å². The molecule has 36 heavy (non-hydrogen) atoms. The number of carbonyl (C=O) groups is 3. The summed E-state index contributed by atoms with van der Waals surface area (Å²) in [4.78, 5) is 45.9. The van der Waals surface area contributed by atoms with E-state index in [1.807, 2.05) is 54.6 Å². The zero-order chi connectivity index (χ0) is 25.5. The maximum Gasteiger partial charge on any atom is 0.243 e. The first-order valence-electron chi connectivity index (χ1n) is 12.3. The Bertz CT molecular complexity index is 1170. The van der Waals surface area contributed by atoms with Crippen LogP contribution in [-0.4, -0.2) is 65.9 Å². The molecule has 190 valence electrons. The highest BCUT2D eigenvalue weighted by atomic mass is 32.1. The molecule has 1 saturated heterocycles. The summed E-state index contributed by atoms with van der Waals surface area (Å²) in [6.07, 6.45) is 2.67. The number of amides is 2. The Balaban J connectivity index is 1.45. The summed E-state index contributed by atoms with van der Waals surface area (Å²) in [5.41, 5.74) is 7.96. The molecule has 3 N–H and O–H groups in total. The van der Waals surface area contributed by atoms with Crippen molar-refractivity contribution in [1.82, 2.24) is 15.2 Å². The lowest BCUT2D eigenvalue weighted by atomic mass is 10.0. The molecule has 2 aromatic carbocycles. The lowest BCUT2D eigenvalue weighted by Crippen LogP contribution is -2.54. The number of fused-ring (bicyclic) bond motifs is 1. The summed E-state index contributed by atoms with van der Waals surface area (Å²) in [5.74, 6) is -0.799. The topological polar surface area (TPSA) is 115 Å². The van der Waals surface area contributed by atoms with Crippen LogP contribution in [0.4, 0.5) is 0 Å². The van der Waals surface area contributed by atoms with Crippen LogP contribution in [0.1, 0.15) is 41.0 Å². The standard InChI is InChI=1S/C27H32N4O4S/c1-35-16-8-12-21(24(32)26-30-20-11-5-6-14-23(20)36-26)29-25(33)22-13-7-15-31(22)27(34)19(28)17-18-9-3-2-4-10-18/h2-6,9-11,14,19,21-22H,7-8,12-13,15-17,28H2,1H3,(H,29,33)/t19-,21?,22+/m1/s1. The number of carbonyl (C=O) groups excluding carboxylic acids is 3. The van der Waals surface area contributed by atoms with E-state index in [0.29, 0.717) is 50.3 Å². The van der Waals surface area contributed by atoms with Crippen LogP contribution in [0.3, 0.4) is 0 Å². The van der Waals surface area contributed by atoms with Gasteiger partial charge in [0, 0.05) is 20.3 Å². The van der Waals surface area contributed by atoms with Crippen molar-refractivity contribution in [3.63, 3.8) is 0 Å². The van der Waals surface area contributed by atoms with Gasteiger partial charge in [-0.15, -0.1) is 11.3 Å². The smallest absolute Gasteiger partial charge is 0.243 e. The number of benzene rings is 2. The number of para-hydroxylation sites is 1. The minimum absolute atomic E-state index is 0.225. The average molecular weight is 509 g/mol. The summed E-state index contributed by atoms with van der Waals surface area (Å²) < 4.78 is 6.07. The highest BCUT2D eigenvalue weighted by Gasteiger charge is 2.37. The Morgan fingerprint density at radius 3 is 2.67 bits per heavy atom. The monoisotopic (exact) mass is 508 g/mol. The fraction of sp³-hybridized carbons (Fsp3) is 0.407. The number of Topliss-reactive ketones (excluding diaryl/α,β-unsaturated/α-hetero) is 1. The molecule has 1 aromatic heterocycles. The molecule has 2 heterocycles. The van der Waals surface area contributed by atoms with Crippen LogP contribution < -0.4 is 11.1 Å². The number of hydrogen-bond donors (Lipinski definition) is 2.